The van der Waals surface area contributed by atoms with Crippen LogP contribution >= 0.6 is 0 Å². The number of nitrogens with one attached hydrogen (secondary N) is 4. The van der Waals surface area contributed by atoms with Crippen LogP contribution in [0.1, 0.15) is 39.0 Å². The zero-order valence-electron chi connectivity index (χ0n) is 24.0. The summed E-state index contributed by atoms with van der Waals surface area (Å²) in [6.07, 6.45) is 7.73. The minimum absolute atomic E-state index is 0.349. The number of halogens is 1. The van der Waals surface area contributed by atoms with Gasteiger partial charge in [0.05, 0.1) is 17.4 Å². The summed E-state index contributed by atoms with van der Waals surface area (Å²) < 4.78 is 21.4. The number of aromatic nitrogens is 4. The van der Waals surface area contributed by atoms with Crippen molar-refractivity contribution < 1.29 is 13.9 Å². The Kier molecular flexibility index (Phi) is 11.1. The number of carbonyl (C=O) groups is 1. The average molecular weight is 571 g/mol. The summed E-state index contributed by atoms with van der Waals surface area (Å²) in [5.41, 5.74) is 4.36. The monoisotopic (exact) mass is 570 g/mol. The molecule has 4 rings (SSSR count). The minimum atomic E-state index is -0.378. The highest BCUT2D eigenvalue weighted by molar-refractivity contribution is 6.04. The molecule has 0 aliphatic heterocycles. The Balaban J connectivity index is 1.36. The second kappa shape index (κ2) is 15.4. The highest BCUT2D eigenvalue weighted by Gasteiger charge is 2.10. The van der Waals surface area contributed by atoms with E-state index in [2.05, 4.69) is 48.2 Å². The van der Waals surface area contributed by atoms with Gasteiger partial charge in [-0.2, -0.15) is 5.10 Å². The van der Waals surface area contributed by atoms with E-state index < -0.39 is 0 Å². The summed E-state index contributed by atoms with van der Waals surface area (Å²) in [4.78, 5) is 21.6. The fourth-order valence-electron chi connectivity index (χ4n) is 3.95. The third-order valence-corrected chi connectivity index (χ3v) is 6.30. The fourth-order valence-corrected chi connectivity index (χ4v) is 3.95. The molecule has 2 aromatic heterocycles. The Morgan fingerprint density at radius 3 is 2.64 bits per heavy atom. The SMILES string of the molecule is CNCCNCc1ccc(NC(=O)c2ccc(C)c(C#Cc3cnc(Nc4cnn(CCCOC)c4)nc3)c2)cc1F. The molecule has 4 aromatic rings. The van der Waals surface area contributed by atoms with Crippen molar-refractivity contribution in [2.24, 2.45) is 0 Å². The molecule has 0 aliphatic rings. The van der Waals surface area contributed by atoms with Crippen LogP contribution in [0.2, 0.25) is 0 Å². The summed E-state index contributed by atoms with van der Waals surface area (Å²) in [6, 6.07) is 9.96. The van der Waals surface area contributed by atoms with Gasteiger partial charge in [-0.15, -0.1) is 0 Å². The molecule has 0 saturated heterocycles. The molecule has 10 nitrogen and oxygen atoms in total. The van der Waals surface area contributed by atoms with E-state index in [4.69, 9.17) is 4.74 Å². The lowest BCUT2D eigenvalue weighted by Crippen LogP contribution is -2.24. The van der Waals surface area contributed by atoms with Crippen LogP contribution in [-0.2, 0) is 17.8 Å². The first kappa shape index (κ1) is 30.3. The molecule has 1 amide bonds. The van der Waals surface area contributed by atoms with E-state index >= 15 is 0 Å². The Morgan fingerprint density at radius 1 is 1.05 bits per heavy atom. The average Bonchev–Trinajstić information content (AvgIpc) is 3.43. The number of carbonyl (C=O) groups excluding carboxylic acids is 1. The lowest BCUT2D eigenvalue weighted by atomic mass is 10.0. The van der Waals surface area contributed by atoms with Crippen LogP contribution in [-0.4, -0.2) is 59.5 Å². The van der Waals surface area contributed by atoms with Gasteiger partial charge < -0.3 is 26.0 Å². The molecule has 11 heteroatoms. The lowest BCUT2D eigenvalue weighted by Gasteiger charge is -2.10. The summed E-state index contributed by atoms with van der Waals surface area (Å²) in [5.74, 6) is 5.87. The minimum Gasteiger partial charge on any atom is -0.385 e. The first-order valence-corrected chi connectivity index (χ1v) is 13.6. The molecule has 0 fully saturated rings. The van der Waals surface area contributed by atoms with Gasteiger partial charge in [0.15, 0.2) is 0 Å². The standard InChI is InChI=1S/C31H35FN8O2/c1-22-5-7-25(30(41)38-27-10-9-26(29(32)16-27)19-34-12-11-33-2)15-24(22)8-6-23-17-35-31(36-18-23)39-28-20-37-40(21-28)13-4-14-42-3/h5,7,9-10,15-18,20-21,33-34H,4,11-14,19H2,1-3H3,(H,38,41)(H,35,36,39). The van der Waals surface area contributed by atoms with Crippen LogP contribution in [0.25, 0.3) is 0 Å². The topological polar surface area (TPSA) is 118 Å². The summed E-state index contributed by atoms with van der Waals surface area (Å²) in [6.45, 7) is 5.29. The van der Waals surface area contributed by atoms with Crippen molar-refractivity contribution >= 4 is 23.2 Å². The van der Waals surface area contributed by atoms with E-state index in [1.165, 1.54) is 6.07 Å². The molecule has 2 aromatic carbocycles. The molecule has 218 valence electrons. The van der Waals surface area contributed by atoms with Crippen LogP contribution in [0.4, 0.5) is 21.7 Å². The molecule has 0 radical (unpaired) electrons. The van der Waals surface area contributed by atoms with Crippen molar-refractivity contribution in [3.05, 3.63) is 94.8 Å². The third kappa shape index (κ3) is 8.94. The number of anilines is 3. The number of hydrogen-bond donors (Lipinski definition) is 4. The first-order valence-electron chi connectivity index (χ1n) is 13.6. The van der Waals surface area contributed by atoms with E-state index in [0.717, 1.165) is 37.3 Å². The Morgan fingerprint density at radius 2 is 1.88 bits per heavy atom. The van der Waals surface area contributed by atoms with Gasteiger partial charge in [0, 0.05) is 80.9 Å². The molecular formula is C31H35FN8O2. The largest absolute Gasteiger partial charge is 0.385 e. The maximum Gasteiger partial charge on any atom is 0.255 e. The normalized spacial score (nSPS) is 10.7. The van der Waals surface area contributed by atoms with Crippen molar-refractivity contribution in [2.75, 3.05) is 44.5 Å². The predicted molar refractivity (Wildman–Crippen MR) is 161 cm³/mol. The zero-order valence-corrected chi connectivity index (χ0v) is 24.0. The maximum atomic E-state index is 14.5. The second-order valence-corrected chi connectivity index (χ2v) is 9.58. The van der Waals surface area contributed by atoms with Crippen molar-refractivity contribution in [3.63, 3.8) is 0 Å². The molecule has 2 heterocycles. The zero-order chi connectivity index (χ0) is 29.7. The van der Waals surface area contributed by atoms with Gasteiger partial charge in [-0.25, -0.2) is 14.4 Å². The van der Waals surface area contributed by atoms with Crippen LogP contribution < -0.4 is 21.3 Å². The smallest absolute Gasteiger partial charge is 0.255 e. The molecule has 0 saturated carbocycles. The summed E-state index contributed by atoms with van der Waals surface area (Å²) in [7, 11) is 3.54. The molecule has 0 atom stereocenters. The van der Waals surface area contributed by atoms with Crippen molar-refractivity contribution in [1.29, 1.82) is 0 Å². The number of likely N-dealkylation sites (N-methyl/N-ethyl adjacent to an activating group) is 1. The van der Waals surface area contributed by atoms with Gasteiger partial charge in [-0.05, 0) is 50.2 Å². The summed E-state index contributed by atoms with van der Waals surface area (Å²) in [5, 5.41) is 16.4. The van der Waals surface area contributed by atoms with E-state index in [1.54, 1.807) is 50.0 Å². The van der Waals surface area contributed by atoms with Gasteiger partial charge >= 0.3 is 0 Å². The number of benzene rings is 2. The predicted octanol–water partition coefficient (Wildman–Crippen LogP) is 3.86. The second-order valence-electron chi connectivity index (χ2n) is 9.58. The maximum absolute atomic E-state index is 14.5. The van der Waals surface area contributed by atoms with E-state index in [0.29, 0.717) is 47.0 Å². The molecule has 0 unspecified atom stereocenters. The number of nitrogens with zero attached hydrogens (tertiary/aromatic N) is 4. The van der Waals surface area contributed by atoms with Gasteiger partial charge in [0.1, 0.15) is 5.82 Å². The number of amides is 1. The van der Waals surface area contributed by atoms with E-state index in [1.807, 2.05) is 30.9 Å². The fraction of sp³-hybridized carbons (Fsp3) is 0.290. The Bertz CT molecular complexity index is 1540. The van der Waals surface area contributed by atoms with Crippen LogP contribution in [0.15, 0.2) is 61.2 Å². The number of rotatable bonds is 13. The van der Waals surface area contributed by atoms with Crippen molar-refractivity contribution in [1.82, 2.24) is 30.4 Å². The van der Waals surface area contributed by atoms with Crippen LogP contribution in [0.3, 0.4) is 0 Å². The molecular weight excluding hydrogens is 535 g/mol. The quantitative estimate of drug-likeness (QED) is 0.141. The highest BCUT2D eigenvalue weighted by atomic mass is 19.1. The third-order valence-electron chi connectivity index (χ3n) is 6.30. The summed E-state index contributed by atoms with van der Waals surface area (Å²) >= 11 is 0. The van der Waals surface area contributed by atoms with Gasteiger partial charge in [-0.3, -0.25) is 9.48 Å². The van der Waals surface area contributed by atoms with Crippen LogP contribution in [0.5, 0.6) is 0 Å². The number of ether oxygens (including phenoxy) is 1. The molecule has 0 bridgehead atoms. The van der Waals surface area contributed by atoms with Gasteiger partial charge in [0.2, 0.25) is 5.95 Å². The molecule has 0 spiro atoms. The molecule has 0 aliphatic carbocycles. The number of aryl methyl sites for hydroxylation is 2. The van der Waals surface area contributed by atoms with E-state index in [-0.39, 0.29) is 11.7 Å². The highest BCUT2D eigenvalue weighted by Crippen LogP contribution is 2.17. The van der Waals surface area contributed by atoms with E-state index in [9.17, 15) is 9.18 Å². The van der Waals surface area contributed by atoms with Crippen molar-refractivity contribution in [2.45, 2.75) is 26.4 Å². The molecule has 42 heavy (non-hydrogen) atoms. The number of methoxy groups -OCH3 is 1. The Labute approximate surface area is 245 Å². The lowest BCUT2D eigenvalue weighted by molar-refractivity contribution is 0.102. The van der Waals surface area contributed by atoms with Gasteiger partial charge in [-0.1, -0.05) is 24.0 Å². The first-order chi connectivity index (χ1) is 20.4. The molecule has 4 N–H and O–H groups in total. The van der Waals surface area contributed by atoms with Crippen molar-refractivity contribution in [3.8, 4) is 11.8 Å². The van der Waals surface area contributed by atoms with Crippen LogP contribution in [0, 0.1) is 24.6 Å². The Hall–Kier alpha value is -4.63. The van der Waals surface area contributed by atoms with Gasteiger partial charge in [0.25, 0.3) is 5.91 Å². The number of hydrogen-bond acceptors (Lipinski definition) is 8.